The lowest BCUT2D eigenvalue weighted by Crippen LogP contribution is -2.30. The summed E-state index contributed by atoms with van der Waals surface area (Å²) in [4.78, 5) is 18.0. The predicted octanol–water partition coefficient (Wildman–Crippen LogP) is 3.91. The van der Waals surface area contributed by atoms with Gasteiger partial charge in [-0.1, -0.05) is 28.1 Å². The largest absolute Gasteiger partial charge is 0.441 e. The average Bonchev–Trinajstić information content (AvgIpc) is 2.96. The fourth-order valence-electron chi connectivity index (χ4n) is 2.12. The van der Waals surface area contributed by atoms with Crippen molar-refractivity contribution in [1.29, 1.82) is 0 Å². The highest BCUT2D eigenvalue weighted by molar-refractivity contribution is 9.10. The molecule has 0 saturated heterocycles. The number of rotatable bonds is 6. The fraction of sp³-hybridized carbons (Fsp3) is 0.375. The van der Waals surface area contributed by atoms with E-state index in [4.69, 9.17) is 4.42 Å². The molecular formula is C16H19BrN2O2. The molecule has 1 aromatic carbocycles. The maximum atomic E-state index is 11.9. The Hall–Kier alpha value is -1.62. The van der Waals surface area contributed by atoms with Gasteiger partial charge in [-0.25, -0.2) is 4.98 Å². The molecule has 0 N–H and O–H groups in total. The molecule has 2 rings (SSSR count). The average molecular weight is 351 g/mol. The first-order chi connectivity index (χ1) is 10.1. The van der Waals surface area contributed by atoms with Crippen LogP contribution in [0.2, 0.25) is 0 Å². The minimum atomic E-state index is 0.142. The minimum absolute atomic E-state index is 0.142. The number of aryl methyl sites for hydroxylation is 1. The van der Waals surface area contributed by atoms with Gasteiger partial charge in [0.1, 0.15) is 0 Å². The zero-order valence-electron chi connectivity index (χ0n) is 12.3. The van der Waals surface area contributed by atoms with Gasteiger partial charge in [0, 0.05) is 36.0 Å². The Balaban J connectivity index is 1.97. The third kappa shape index (κ3) is 4.17. The molecule has 2 aromatic rings. The van der Waals surface area contributed by atoms with E-state index in [0.29, 0.717) is 18.7 Å². The Morgan fingerprint density at radius 1 is 1.24 bits per heavy atom. The molecule has 0 unspecified atom stereocenters. The van der Waals surface area contributed by atoms with Crippen molar-refractivity contribution >= 4 is 21.8 Å². The van der Waals surface area contributed by atoms with Crippen LogP contribution in [0.5, 0.6) is 0 Å². The highest BCUT2D eigenvalue weighted by atomic mass is 79.9. The van der Waals surface area contributed by atoms with E-state index in [2.05, 4.69) is 20.9 Å². The van der Waals surface area contributed by atoms with Gasteiger partial charge in [0.15, 0.2) is 11.7 Å². The van der Waals surface area contributed by atoms with Gasteiger partial charge in [-0.3, -0.25) is 4.79 Å². The topological polar surface area (TPSA) is 46.3 Å². The van der Waals surface area contributed by atoms with Gasteiger partial charge < -0.3 is 9.32 Å². The van der Waals surface area contributed by atoms with Crippen LogP contribution in [0.1, 0.15) is 26.2 Å². The molecule has 0 aliphatic carbocycles. The lowest BCUT2D eigenvalue weighted by atomic mass is 10.2. The van der Waals surface area contributed by atoms with Crippen LogP contribution in [0.15, 0.2) is 39.4 Å². The third-order valence-corrected chi connectivity index (χ3v) is 3.88. The van der Waals surface area contributed by atoms with Crippen LogP contribution in [0.25, 0.3) is 11.3 Å². The Morgan fingerprint density at radius 2 is 1.90 bits per heavy atom. The summed E-state index contributed by atoms with van der Waals surface area (Å²) in [7, 11) is 0. The van der Waals surface area contributed by atoms with Crippen molar-refractivity contribution in [2.45, 2.75) is 26.7 Å². The second kappa shape index (κ2) is 7.41. The number of nitrogens with zero attached hydrogens (tertiary/aromatic N) is 2. The van der Waals surface area contributed by atoms with Crippen LogP contribution in [0.4, 0.5) is 0 Å². The molecule has 0 aliphatic heterocycles. The van der Waals surface area contributed by atoms with E-state index in [0.717, 1.165) is 28.9 Å². The number of hydrogen-bond donors (Lipinski definition) is 0. The second-order valence-corrected chi connectivity index (χ2v) is 5.61. The molecule has 1 heterocycles. The first-order valence-corrected chi connectivity index (χ1v) is 7.91. The van der Waals surface area contributed by atoms with E-state index in [1.807, 2.05) is 43.0 Å². The fourth-order valence-corrected chi connectivity index (χ4v) is 2.39. The molecule has 1 amide bonds. The van der Waals surface area contributed by atoms with Gasteiger partial charge in [0.2, 0.25) is 5.91 Å². The standard InChI is InChI=1S/C16H19BrN2O2/c1-3-19(4-2)16(20)10-9-15-18-11-14(21-15)12-5-7-13(17)8-6-12/h5-8,11H,3-4,9-10H2,1-2H3. The van der Waals surface area contributed by atoms with E-state index in [1.165, 1.54) is 0 Å². The SMILES string of the molecule is CCN(CC)C(=O)CCc1ncc(-c2ccc(Br)cc2)o1. The molecule has 0 spiro atoms. The molecule has 21 heavy (non-hydrogen) atoms. The van der Waals surface area contributed by atoms with Gasteiger partial charge >= 0.3 is 0 Å². The highest BCUT2D eigenvalue weighted by Gasteiger charge is 2.12. The van der Waals surface area contributed by atoms with Crippen LogP contribution in [0.3, 0.4) is 0 Å². The zero-order chi connectivity index (χ0) is 15.2. The van der Waals surface area contributed by atoms with Crippen molar-refractivity contribution in [3.05, 3.63) is 40.8 Å². The summed E-state index contributed by atoms with van der Waals surface area (Å²) in [5.74, 6) is 1.48. The first kappa shape index (κ1) is 15.8. The van der Waals surface area contributed by atoms with Crippen molar-refractivity contribution < 1.29 is 9.21 Å². The van der Waals surface area contributed by atoms with E-state index >= 15 is 0 Å². The number of oxazole rings is 1. The Labute approximate surface area is 133 Å². The number of hydrogen-bond acceptors (Lipinski definition) is 3. The van der Waals surface area contributed by atoms with Crippen molar-refractivity contribution in [2.24, 2.45) is 0 Å². The van der Waals surface area contributed by atoms with Crippen LogP contribution in [-0.2, 0) is 11.2 Å². The summed E-state index contributed by atoms with van der Waals surface area (Å²) < 4.78 is 6.73. The minimum Gasteiger partial charge on any atom is -0.441 e. The summed E-state index contributed by atoms with van der Waals surface area (Å²) in [6, 6.07) is 7.85. The number of benzene rings is 1. The lowest BCUT2D eigenvalue weighted by molar-refractivity contribution is -0.130. The zero-order valence-corrected chi connectivity index (χ0v) is 13.9. The summed E-state index contributed by atoms with van der Waals surface area (Å²) in [5, 5.41) is 0. The summed E-state index contributed by atoms with van der Waals surface area (Å²) in [6.07, 6.45) is 2.67. The van der Waals surface area contributed by atoms with Crippen molar-refractivity contribution in [2.75, 3.05) is 13.1 Å². The van der Waals surface area contributed by atoms with Crippen molar-refractivity contribution in [3.63, 3.8) is 0 Å². The van der Waals surface area contributed by atoms with Crippen LogP contribution in [-0.4, -0.2) is 28.9 Å². The molecule has 1 aromatic heterocycles. The lowest BCUT2D eigenvalue weighted by Gasteiger charge is -2.17. The van der Waals surface area contributed by atoms with Crippen LogP contribution in [0, 0.1) is 0 Å². The predicted molar refractivity (Wildman–Crippen MR) is 85.9 cm³/mol. The number of amides is 1. The molecule has 0 fully saturated rings. The molecular weight excluding hydrogens is 332 g/mol. The number of aromatic nitrogens is 1. The van der Waals surface area contributed by atoms with Gasteiger partial charge in [0.25, 0.3) is 0 Å². The Morgan fingerprint density at radius 3 is 2.52 bits per heavy atom. The summed E-state index contributed by atoms with van der Waals surface area (Å²) >= 11 is 3.40. The van der Waals surface area contributed by atoms with Gasteiger partial charge in [-0.15, -0.1) is 0 Å². The quantitative estimate of drug-likeness (QED) is 0.793. The highest BCUT2D eigenvalue weighted by Crippen LogP contribution is 2.22. The van der Waals surface area contributed by atoms with Crippen LogP contribution < -0.4 is 0 Å². The molecule has 0 atom stereocenters. The summed E-state index contributed by atoms with van der Waals surface area (Å²) in [6.45, 7) is 5.45. The van der Waals surface area contributed by atoms with Gasteiger partial charge in [-0.05, 0) is 26.0 Å². The van der Waals surface area contributed by atoms with E-state index in [-0.39, 0.29) is 5.91 Å². The molecule has 0 bridgehead atoms. The normalized spacial score (nSPS) is 10.6. The first-order valence-electron chi connectivity index (χ1n) is 7.12. The van der Waals surface area contributed by atoms with Gasteiger partial charge in [0.05, 0.1) is 6.20 Å². The Kier molecular flexibility index (Phi) is 5.56. The molecule has 112 valence electrons. The molecule has 4 nitrogen and oxygen atoms in total. The molecule has 0 radical (unpaired) electrons. The smallest absolute Gasteiger partial charge is 0.223 e. The monoisotopic (exact) mass is 350 g/mol. The number of carbonyl (C=O) groups is 1. The van der Waals surface area contributed by atoms with Crippen molar-refractivity contribution in [3.8, 4) is 11.3 Å². The molecule has 0 saturated carbocycles. The Bertz CT molecular complexity index is 589. The maximum Gasteiger partial charge on any atom is 0.223 e. The van der Waals surface area contributed by atoms with Gasteiger partial charge in [-0.2, -0.15) is 0 Å². The van der Waals surface area contributed by atoms with E-state index < -0.39 is 0 Å². The van der Waals surface area contributed by atoms with Crippen LogP contribution >= 0.6 is 15.9 Å². The van der Waals surface area contributed by atoms with Crippen molar-refractivity contribution in [1.82, 2.24) is 9.88 Å². The maximum absolute atomic E-state index is 11.9. The summed E-state index contributed by atoms with van der Waals surface area (Å²) in [5.41, 5.74) is 0.979. The number of carbonyl (C=O) groups excluding carboxylic acids is 1. The molecule has 0 aliphatic rings. The molecule has 5 heteroatoms. The number of halogens is 1. The second-order valence-electron chi connectivity index (χ2n) is 4.69. The third-order valence-electron chi connectivity index (χ3n) is 3.35. The van der Waals surface area contributed by atoms with E-state index in [1.54, 1.807) is 6.20 Å². The van der Waals surface area contributed by atoms with E-state index in [9.17, 15) is 4.79 Å².